The number of aliphatic hydroxyl groups excluding tert-OH is 1. The van der Waals surface area contributed by atoms with Crippen molar-refractivity contribution in [2.75, 3.05) is 18.0 Å². The van der Waals surface area contributed by atoms with E-state index in [4.69, 9.17) is 11.6 Å². The molecule has 0 amide bonds. The molecule has 3 heterocycles. The third-order valence-corrected chi connectivity index (χ3v) is 6.62. The molecule has 1 aliphatic rings. The monoisotopic (exact) mass is 494 g/mol. The number of aromatic hydroxyl groups is 1. The molecule has 0 saturated carbocycles. The van der Waals surface area contributed by atoms with Crippen molar-refractivity contribution in [2.45, 2.75) is 18.9 Å². The van der Waals surface area contributed by atoms with Crippen LogP contribution in [0.15, 0.2) is 65.8 Å². The number of piperidine rings is 1. The smallest absolute Gasteiger partial charge is 0.332 e. The number of aromatic nitrogens is 3. The highest BCUT2D eigenvalue weighted by molar-refractivity contribution is 6.32. The number of hydrogen-bond acceptors (Lipinski definition) is 5. The number of rotatable bonds is 4. The maximum absolute atomic E-state index is 14.7. The summed E-state index contributed by atoms with van der Waals surface area (Å²) < 4.78 is 17.6. The number of aliphatic hydroxyl groups is 1. The van der Waals surface area contributed by atoms with Gasteiger partial charge in [-0.15, -0.1) is 0 Å². The van der Waals surface area contributed by atoms with Crippen molar-refractivity contribution in [3.63, 3.8) is 0 Å². The van der Waals surface area contributed by atoms with Gasteiger partial charge in [0.25, 0.3) is 0 Å². The Morgan fingerprint density at radius 1 is 1.09 bits per heavy atom. The van der Waals surface area contributed by atoms with Crippen LogP contribution in [0.1, 0.15) is 12.8 Å². The Kier molecular flexibility index (Phi) is 6.08. The third kappa shape index (κ3) is 4.42. The van der Waals surface area contributed by atoms with Crippen molar-refractivity contribution in [1.29, 1.82) is 0 Å². The van der Waals surface area contributed by atoms with Crippen LogP contribution in [0.4, 0.5) is 10.2 Å². The van der Waals surface area contributed by atoms with Crippen LogP contribution < -0.4 is 10.6 Å². The molecule has 0 aliphatic carbocycles. The number of β-amino-alcohol motifs (C(OH)–C–C–N with tert-alkyl or cyclic N) is 1. The minimum absolute atomic E-state index is 0.0945. The molecule has 1 aliphatic heterocycles. The second-order valence-electron chi connectivity index (χ2n) is 8.72. The number of benzene rings is 2. The van der Waals surface area contributed by atoms with E-state index in [9.17, 15) is 19.4 Å². The standard InChI is InChI=1S/C26H24ClFN4O3/c1-30-9-10-32(26(30)35)23-5-4-16(11-22(23)27)20-13-18(28)14-21(25(20)34)17-6-7-29-24(12-17)31-8-2-3-19(33)15-31/h4-7,9-14,19,33-34H,2-3,8,15H2,1H3. The van der Waals surface area contributed by atoms with E-state index in [1.54, 1.807) is 56.0 Å². The molecule has 1 saturated heterocycles. The van der Waals surface area contributed by atoms with Gasteiger partial charge in [-0.05, 0) is 60.4 Å². The zero-order valence-corrected chi connectivity index (χ0v) is 19.8. The molecule has 1 unspecified atom stereocenters. The molecule has 180 valence electrons. The zero-order chi connectivity index (χ0) is 24.7. The molecule has 4 aromatic rings. The Balaban J connectivity index is 1.54. The van der Waals surface area contributed by atoms with Crippen LogP contribution >= 0.6 is 11.6 Å². The quantitative estimate of drug-likeness (QED) is 0.440. The summed E-state index contributed by atoms with van der Waals surface area (Å²) in [6.07, 6.45) is 6.05. The lowest BCUT2D eigenvalue weighted by atomic mass is 9.97. The average Bonchev–Trinajstić information content (AvgIpc) is 3.18. The van der Waals surface area contributed by atoms with Crippen LogP contribution in [-0.2, 0) is 7.05 Å². The summed E-state index contributed by atoms with van der Waals surface area (Å²) >= 11 is 6.48. The van der Waals surface area contributed by atoms with Crippen molar-refractivity contribution in [3.8, 4) is 33.7 Å². The topological polar surface area (TPSA) is 83.5 Å². The molecular weight excluding hydrogens is 471 g/mol. The number of aryl methyl sites for hydroxylation is 1. The molecule has 0 spiro atoms. The van der Waals surface area contributed by atoms with Crippen LogP contribution in [0, 0.1) is 5.82 Å². The molecule has 1 atom stereocenters. The Morgan fingerprint density at radius 2 is 1.83 bits per heavy atom. The number of anilines is 1. The second kappa shape index (κ2) is 9.20. The summed E-state index contributed by atoms with van der Waals surface area (Å²) in [5.74, 6) is 0.0501. The summed E-state index contributed by atoms with van der Waals surface area (Å²) in [7, 11) is 1.64. The van der Waals surface area contributed by atoms with Crippen molar-refractivity contribution >= 4 is 17.4 Å². The normalized spacial score (nSPS) is 16.0. The molecule has 7 nitrogen and oxygen atoms in total. The first kappa shape index (κ1) is 23.1. The van der Waals surface area contributed by atoms with Crippen LogP contribution in [0.5, 0.6) is 5.75 Å². The lowest BCUT2D eigenvalue weighted by Crippen LogP contribution is -2.38. The van der Waals surface area contributed by atoms with Gasteiger partial charge in [0.1, 0.15) is 17.4 Å². The predicted molar refractivity (Wildman–Crippen MR) is 134 cm³/mol. The molecule has 0 radical (unpaired) electrons. The number of halogens is 2. The summed E-state index contributed by atoms with van der Waals surface area (Å²) in [6, 6.07) is 11.0. The Morgan fingerprint density at radius 3 is 2.49 bits per heavy atom. The Bertz CT molecular complexity index is 1470. The molecule has 2 aromatic carbocycles. The largest absolute Gasteiger partial charge is 0.507 e. The van der Waals surface area contributed by atoms with E-state index >= 15 is 0 Å². The van der Waals surface area contributed by atoms with Gasteiger partial charge < -0.3 is 19.7 Å². The summed E-state index contributed by atoms with van der Waals surface area (Å²) in [6.45, 7) is 1.25. The van der Waals surface area contributed by atoms with Crippen LogP contribution in [0.3, 0.4) is 0 Å². The van der Waals surface area contributed by atoms with Crippen molar-refractivity contribution in [2.24, 2.45) is 7.05 Å². The highest BCUT2D eigenvalue weighted by Crippen LogP contribution is 2.41. The van der Waals surface area contributed by atoms with Gasteiger partial charge >= 0.3 is 5.69 Å². The maximum atomic E-state index is 14.7. The Hall–Kier alpha value is -3.62. The first-order valence-electron chi connectivity index (χ1n) is 11.3. The Labute approximate surface area is 206 Å². The van der Waals surface area contributed by atoms with Crippen molar-refractivity contribution in [1.82, 2.24) is 14.1 Å². The first-order chi connectivity index (χ1) is 16.8. The molecule has 0 bridgehead atoms. The summed E-state index contributed by atoms with van der Waals surface area (Å²) in [4.78, 5) is 18.7. The van der Waals surface area contributed by atoms with E-state index in [2.05, 4.69) is 4.98 Å². The number of phenols is 1. The second-order valence-corrected chi connectivity index (χ2v) is 9.13. The van der Waals surface area contributed by atoms with Gasteiger partial charge in [0, 0.05) is 49.9 Å². The number of nitrogens with zero attached hydrogens (tertiary/aromatic N) is 4. The zero-order valence-electron chi connectivity index (χ0n) is 19.0. The fourth-order valence-electron chi connectivity index (χ4n) is 4.48. The highest BCUT2D eigenvalue weighted by atomic mass is 35.5. The highest BCUT2D eigenvalue weighted by Gasteiger charge is 2.21. The number of pyridine rings is 1. The van der Waals surface area contributed by atoms with E-state index in [0.29, 0.717) is 34.7 Å². The summed E-state index contributed by atoms with van der Waals surface area (Å²) in [5, 5.41) is 21.4. The third-order valence-electron chi connectivity index (χ3n) is 6.32. The van der Waals surface area contributed by atoms with Crippen LogP contribution in [0.2, 0.25) is 5.02 Å². The fraction of sp³-hybridized carbons (Fsp3) is 0.231. The van der Waals surface area contributed by atoms with Gasteiger partial charge in [-0.3, -0.25) is 4.57 Å². The predicted octanol–water partition coefficient (Wildman–Crippen LogP) is 4.36. The van der Waals surface area contributed by atoms with Gasteiger partial charge in [-0.2, -0.15) is 0 Å². The van der Waals surface area contributed by atoms with Gasteiger partial charge in [0.15, 0.2) is 0 Å². The van der Waals surface area contributed by atoms with Crippen LogP contribution in [-0.4, -0.2) is 43.5 Å². The number of phenolic OH excluding ortho intramolecular Hbond substituents is 1. The van der Waals surface area contributed by atoms with E-state index in [0.717, 1.165) is 19.4 Å². The number of hydrogen-bond donors (Lipinski definition) is 2. The van der Waals surface area contributed by atoms with Gasteiger partial charge in [0.05, 0.1) is 16.8 Å². The molecule has 2 N–H and O–H groups in total. The van der Waals surface area contributed by atoms with Gasteiger partial charge in [-0.25, -0.2) is 14.2 Å². The fourth-order valence-corrected chi connectivity index (χ4v) is 4.75. The SMILES string of the molecule is Cn1ccn(-c2ccc(-c3cc(F)cc(-c4ccnc(N5CCCC(O)C5)c4)c3O)cc2Cl)c1=O. The van der Waals surface area contributed by atoms with Crippen molar-refractivity contribution in [3.05, 3.63) is 82.4 Å². The lowest BCUT2D eigenvalue weighted by molar-refractivity contribution is 0.154. The molecule has 2 aromatic heterocycles. The van der Waals surface area contributed by atoms with E-state index in [1.807, 2.05) is 4.90 Å². The van der Waals surface area contributed by atoms with E-state index < -0.39 is 11.9 Å². The van der Waals surface area contributed by atoms with Gasteiger partial charge in [-0.1, -0.05) is 17.7 Å². The first-order valence-corrected chi connectivity index (χ1v) is 11.7. The molecule has 9 heteroatoms. The van der Waals surface area contributed by atoms with Crippen molar-refractivity contribution < 1.29 is 14.6 Å². The van der Waals surface area contributed by atoms with E-state index in [-0.39, 0.29) is 22.0 Å². The van der Waals surface area contributed by atoms with E-state index in [1.165, 1.54) is 21.3 Å². The number of imidazole rings is 1. The molecule has 35 heavy (non-hydrogen) atoms. The lowest BCUT2D eigenvalue weighted by Gasteiger charge is -2.31. The minimum Gasteiger partial charge on any atom is -0.507 e. The molecule has 5 rings (SSSR count). The maximum Gasteiger partial charge on any atom is 0.332 e. The molecular formula is C26H24ClFN4O3. The minimum atomic E-state index is -0.515. The summed E-state index contributed by atoms with van der Waals surface area (Å²) in [5.41, 5.74) is 1.95. The van der Waals surface area contributed by atoms with Crippen LogP contribution in [0.25, 0.3) is 27.9 Å². The molecule has 1 fully saturated rings. The average molecular weight is 495 g/mol. The van der Waals surface area contributed by atoms with Gasteiger partial charge in [0.2, 0.25) is 0 Å².